The lowest BCUT2D eigenvalue weighted by Crippen LogP contribution is -2.17. The van der Waals surface area contributed by atoms with Gasteiger partial charge in [0, 0.05) is 68.8 Å². The van der Waals surface area contributed by atoms with Crippen molar-refractivity contribution in [3.05, 3.63) is 154 Å². The lowest BCUT2D eigenvalue weighted by molar-refractivity contribution is 0.567. The Morgan fingerprint density at radius 1 is 0.481 bits per heavy atom. The van der Waals surface area contributed by atoms with Gasteiger partial charge in [-0.05, 0) is 85.6 Å². The van der Waals surface area contributed by atoms with Gasteiger partial charge in [0.25, 0.3) is 0 Å². The molecule has 4 aromatic carbocycles. The molecular weight excluding hydrogens is 707 g/mol. The predicted octanol–water partition coefficient (Wildman–Crippen LogP) is 10.6. The number of halogens is 3. The molecule has 4 aromatic heterocycles. The Kier molecular flexibility index (Phi) is 11.4. The third-order valence-corrected chi connectivity index (χ3v) is 10.2. The van der Waals surface area contributed by atoms with Crippen LogP contribution in [-0.4, -0.2) is 32.2 Å². The van der Waals surface area contributed by atoms with Crippen molar-refractivity contribution in [3.8, 4) is 0 Å². The van der Waals surface area contributed by atoms with Crippen LogP contribution in [0.4, 0.5) is 0 Å². The van der Waals surface area contributed by atoms with Crippen LogP contribution in [0.15, 0.2) is 122 Å². The van der Waals surface area contributed by atoms with Gasteiger partial charge in [0.15, 0.2) is 0 Å². The molecule has 0 amide bonds. The number of benzene rings is 4. The Morgan fingerprint density at radius 2 is 0.942 bits per heavy atom. The second kappa shape index (κ2) is 16.5. The van der Waals surface area contributed by atoms with Crippen LogP contribution in [0.3, 0.4) is 0 Å². The Hall–Kier alpha value is -4.43. The van der Waals surface area contributed by atoms with E-state index < -0.39 is 0 Å². The summed E-state index contributed by atoms with van der Waals surface area (Å²) in [5.74, 6) is 0. The molecule has 0 saturated carbocycles. The summed E-state index contributed by atoms with van der Waals surface area (Å²) in [4.78, 5) is 9.67. The summed E-state index contributed by atoms with van der Waals surface area (Å²) in [6, 6.07) is 37.8. The number of pyridine rings is 2. The van der Waals surface area contributed by atoms with E-state index in [1.165, 1.54) is 43.7 Å². The Balaban J connectivity index is 0.00000420. The Morgan fingerprint density at radius 3 is 1.40 bits per heavy atom. The number of hydrogen-bond acceptors (Lipinski definition) is 4. The lowest BCUT2D eigenvalue weighted by Gasteiger charge is -2.09. The quantitative estimate of drug-likeness (QED) is 0.109. The van der Waals surface area contributed by atoms with Crippen molar-refractivity contribution < 1.29 is 0 Å². The van der Waals surface area contributed by atoms with Gasteiger partial charge in [-0.3, -0.25) is 9.97 Å². The van der Waals surface area contributed by atoms with Crippen molar-refractivity contribution >= 4 is 79.2 Å². The van der Waals surface area contributed by atoms with Crippen LogP contribution in [0.2, 0.25) is 10.0 Å². The smallest absolute Gasteiger partial charge is 0.0681 e. The van der Waals surface area contributed by atoms with E-state index in [1.54, 1.807) is 0 Å². The molecule has 0 saturated heterocycles. The first-order valence-electron chi connectivity index (χ1n) is 17.7. The van der Waals surface area contributed by atoms with Crippen LogP contribution >= 0.6 is 35.6 Å². The van der Waals surface area contributed by atoms with E-state index in [0.717, 1.165) is 91.0 Å². The number of para-hydroxylation sites is 2. The largest absolute Gasteiger partial charge is 0.335 e. The third-order valence-electron chi connectivity index (χ3n) is 9.71. The summed E-state index contributed by atoms with van der Waals surface area (Å²) in [5, 5.41) is 13.7. The van der Waals surface area contributed by atoms with E-state index in [2.05, 4.69) is 92.6 Å². The van der Waals surface area contributed by atoms with Crippen LogP contribution in [0.1, 0.15) is 41.8 Å². The van der Waals surface area contributed by atoms with E-state index >= 15 is 0 Å². The topological polar surface area (TPSA) is 59.7 Å². The van der Waals surface area contributed by atoms with Crippen molar-refractivity contribution in [1.29, 1.82) is 0 Å². The van der Waals surface area contributed by atoms with Gasteiger partial charge < -0.3 is 19.8 Å². The molecule has 264 valence electrons. The molecular formula is C43H41Cl3N6. The third kappa shape index (κ3) is 7.82. The van der Waals surface area contributed by atoms with Gasteiger partial charge in [0.2, 0.25) is 0 Å². The summed E-state index contributed by atoms with van der Waals surface area (Å²) in [7, 11) is 0. The van der Waals surface area contributed by atoms with Crippen molar-refractivity contribution in [1.82, 2.24) is 29.7 Å². The van der Waals surface area contributed by atoms with Crippen LogP contribution in [0.5, 0.6) is 0 Å². The van der Waals surface area contributed by atoms with Crippen molar-refractivity contribution in [3.63, 3.8) is 0 Å². The van der Waals surface area contributed by atoms with E-state index in [9.17, 15) is 0 Å². The zero-order chi connectivity index (χ0) is 34.6. The molecule has 6 nitrogen and oxygen atoms in total. The van der Waals surface area contributed by atoms with Gasteiger partial charge in [0.1, 0.15) is 0 Å². The number of aromatic nitrogens is 4. The predicted molar refractivity (Wildman–Crippen MR) is 220 cm³/mol. The molecule has 0 radical (unpaired) electrons. The molecule has 8 rings (SSSR count). The molecule has 0 bridgehead atoms. The number of hydrogen-bond donors (Lipinski definition) is 2. The van der Waals surface area contributed by atoms with E-state index in [-0.39, 0.29) is 12.4 Å². The monoisotopic (exact) mass is 746 g/mol. The summed E-state index contributed by atoms with van der Waals surface area (Å²) >= 11 is 12.6. The zero-order valence-electron chi connectivity index (χ0n) is 28.9. The van der Waals surface area contributed by atoms with E-state index in [1.807, 2.05) is 48.8 Å². The summed E-state index contributed by atoms with van der Waals surface area (Å²) < 4.78 is 4.68. The normalized spacial score (nSPS) is 11.6. The van der Waals surface area contributed by atoms with Gasteiger partial charge in [-0.1, -0.05) is 90.3 Å². The SMILES string of the molecule is Cl.Clc1cccc(Cn2c3ccccc3c3cc(CNCCCCCNCc4cc5c6ccccc6n(Cc6cccc(Cl)c6)c5cn4)ncc32)c1. The van der Waals surface area contributed by atoms with Crippen LogP contribution < -0.4 is 10.6 Å². The highest BCUT2D eigenvalue weighted by Gasteiger charge is 2.14. The number of nitrogens with one attached hydrogen (secondary N) is 2. The maximum atomic E-state index is 6.28. The van der Waals surface area contributed by atoms with Gasteiger partial charge in [-0.15, -0.1) is 12.4 Å². The molecule has 0 fully saturated rings. The lowest BCUT2D eigenvalue weighted by atomic mass is 10.1. The number of fused-ring (bicyclic) bond motifs is 6. The Labute approximate surface area is 320 Å². The summed E-state index contributed by atoms with van der Waals surface area (Å²) in [5.41, 5.74) is 9.18. The fraction of sp³-hybridized carbons (Fsp3) is 0.209. The average molecular weight is 748 g/mol. The molecule has 0 spiro atoms. The minimum atomic E-state index is 0. The fourth-order valence-corrected chi connectivity index (χ4v) is 7.68. The second-order valence-corrected chi connectivity index (χ2v) is 14.1. The van der Waals surface area contributed by atoms with Crippen LogP contribution in [-0.2, 0) is 26.2 Å². The van der Waals surface area contributed by atoms with Gasteiger partial charge in [-0.2, -0.15) is 0 Å². The fourth-order valence-electron chi connectivity index (χ4n) is 7.26. The number of nitrogens with zero attached hydrogens (tertiary/aromatic N) is 4. The van der Waals surface area contributed by atoms with Crippen molar-refractivity contribution in [2.24, 2.45) is 0 Å². The van der Waals surface area contributed by atoms with Gasteiger partial charge in [0.05, 0.1) is 34.8 Å². The first kappa shape index (κ1) is 36.0. The van der Waals surface area contributed by atoms with Gasteiger partial charge in [-0.25, -0.2) is 0 Å². The summed E-state index contributed by atoms with van der Waals surface area (Å²) in [6.45, 7) is 4.95. The molecule has 0 aliphatic rings. The zero-order valence-corrected chi connectivity index (χ0v) is 31.2. The van der Waals surface area contributed by atoms with Crippen molar-refractivity contribution in [2.45, 2.75) is 45.4 Å². The van der Waals surface area contributed by atoms with E-state index in [4.69, 9.17) is 33.2 Å². The summed E-state index contributed by atoms with van der Waals surface area (Å²) in [6.07, 6.45) is 7.45. The number of rotatable bonds is 14. The van der Waals surface area contributed by atoms with Crippen LogP contribution in [0.25, 0.3) is 43.6 Å². The molecule has 0 atom stereocenters. The van der Waals surface area contributed by atoms with Gasteiger partial charge >= 0.3 is 0 Å². The van der Waals surface area contributed by atoms with Crippen LogP contribution in [0, 0.1) is 0 Å². The molecule has 2 N–H and O–H groups in total. The first-order chi connectivity index (χ1) is 25.1. The molecule has 0 unspecified atom stereocenters. The molecule has 8 aromatic rings. The highest BCUT2D eigenvalue weighted by molar-refractivity contribution is 6.31. The van der Waals surface area contributed by atoms with Crippen molar-refractivity contribution in [2.75, 3.05) is 13.1 Å². The average Bonchev–Trinajstić information content (AvgIpc) is 3.62. The second-order valence-electron chi connectivity index (χ2n) is 13.3. The molecule has 0 aliphatic carbocycles. The highest BCUT2D eigenvalue weighted by atomic mass is 35.5. The first-order valence-corrected chi connectivity index (χ1v) is 18.5. The minimum absolute atomic E-state index is 0. The standard InChI is InChI=1S/C43H40Cl2N6.ClH/c44-32-12-8-10-30(20-32)28-50-40-16-4-2-14-36(40)38-22-34(48-26-42(38)50)24-46-18-6-1-7-19-47-25-35-23-39-37-15-3-5-17-41(37)51(43(39)27-49-35)29-31-11-9-13-33(45)21-31;/h2-5,8-17,20-23,26-27,46-47H,1,6-7,18-19,24-25,28-29H2;1H. The maximum Gasteiger partial charge on any atom is 0.0681 e. The molecule has 4 heterocycles. The molecule has 9 heteroatoms. The molecule has 0 aliphatic heterocycles. The highest BCUT2D eigenvalue weighted by Crippen LogP contribution is 2.31. The minimum Gasteiger partial charge on any atom is -0.335 e. The maximum absolute atomic E-state index is 6.28. The Bertz CT molecular complexity index is 2300. The molecule has 52 heavy (non-hydrogen) atoms. The van der Waals surface area contributed by atoms with E-state index in [0.29, 0.717) is 0 Å². The number of unbranched alkanes of at least 4 members (excludes halogenated alkanes) is 2.